The largest absolute Gasteiger partial charge is 0.384 e. The number of rotatable bonds is 6. The van der Waals surface area contributed by atoms with Gasteiger partial charge in [-0.1, -0.05) is 20.3 Å². The van der Waals surface area contributed by atoms with Crippen molar-refractivity contribution in [2.45, 2.75) is 33.1 Å². The van der Waals surface area contributed by atoms with Crippen LogP contribution in [0.2, 0.25) is 0 Å². The molecule has 1 heterocycles. The van der Waals surface area contributed by atoms with E-state index < -0.39 is 0 Å². The lowest BCUT2D eigenvalue weighted by Gasteiger charge is -2.49. The average molecular weight is 185 g/mol. The van der Waals surface area contributed by atoms with Gasteiger partial charge in [0.15, 0.2) is 0 Å². The molecular weight excluding hydrogens is 162 g/mol. The van der Waals surface area contributed by atoms with E-state index in [0.29, 0.717) is 5.41 Å². The molecule has 0 atom stereocenters. The fraction of sp³-hybridized carbons (Fsp3) is 1.00. The van der Waals surface area contributed by atoms with Crippen molar-refractivity contribution in [3.05, 3.63) is 0 Å². The molecule has 78 valence electrons. The van der Waals surface area contributed by atoms with Crippen LogP contribution in [0.3, 0.4) is 0 Å². The summed E-state index contributed by atoms with van der Waals surface area (Å²) < 4.78 is 5.27. The lowest BCUT2D eigenvalue weighted by atomic mass is 9.78. The average Bonchev–Trinajstić information content (AvgIpc) is 2.09. The highest BCUT2D eigenvalue weighted by atomic mass is 16.5. The highest BCUT2D eigenvalue weighted by Crippen LogP contribution is 2.33. The SMILES string of the molecule is CCCCN1CC(CC)(COC)C1. The Hall–Kier alpha value is -0.0800. The van der Waals surface area contributed by atoms with Crippen molar-refractivity contribution >= 4 is 0 Å². The lowest BCUT2D eigenvalue weighted by Crippen LogP contribution is -2.58. The van der Waals surface area contributed by atoms with E-state index in [0.717, 1.165) is 6.61 Å². The lowest BCUT2D eigenvalue weighted by molar-refractivity contribution is -0.0564. The molecule has 1 saturated heterocycles. The van der Waals surface area contributed by atoms with Gasteiger partial charge >= 0.3 is 0 Å². The predicted octanol–water partition coefficient (Wildman–Crippen LogP) is 2.14. The molecule has 0 unspecified atom stereocenters. The highest BCUT2D eigenvalue weighted by molar-refractivity contribution is 4.93. The molecule has 1 rings (SSSR count). The van der Waals surface area contributed by atoms with Gasteiger partial charge in [0, 0.05) is 25.6 Å². The summed E-state index contributed by atoms with van der Waals surface area (Å²) in [5.74, 6) is 0. The molecular formula is C11H23NO. The van der Waals surface area contributed by atoms with Crippen molar-refractivity contribution in [2.24, 2.45) is 5.41 Å². The van der Waals surface area contributed by atoms with Crippen LogP contribution in [0.25, 0.3) is 0 Å². The van der Waals surface area contributed by atoms with E-state index >= 15 is 0 Å². The summed E-state index contributed by atoms with van der Waals surface area (Å²) in [6.07, 6.45) is 3.90. The third kappa shape index (κ3) is 2.68. The van der Waals surface area contributed by atoms with Gasteiger partial charge in [-0.05, 0) is 19.4 Å². The molecule has 0 amide bonds. The summed E-state index contributed by atoms with van der Waals surface area (Å²) in [4.78, 5) is 2.55. The van der Waals surface area contributed by atoms with E-state index in [-0.39, 0.29) is 0 Å². The third-order valence-electron chi connectivity index (χ3n) is 3.15. The van der Waals surface area contributed by atoms with Crippen LogP contribution in [0.1, 0.15) is 33.1 Å². The topological polar surface area (TPSA) is 12.5 Å². The number of hydrogen-bond donors (Lipinski definition) is 0. The van der Waals surface area contributed by atoms with Crippen molar-refractivity contribution in [1.82, 2.24) is 4.90 Å². The molecule has 0 aromatic carbocycles. The Morgan fingerprint density at radius 3 is 2.46 bits per heavy atom. The number of nitrogens with zero attached hydrogens (tertiary/aromatic N) is 1. The monoisotopic (exact) mass is 185 g/mol. The molecule has 0 aliphatic carbocycles. The molecule has 1 aliphatic heterocycles. The maximum Gasteiger partial charge on any atom is 0.0543 e. The van der Waals surface area contributed by atoms with Gasteiger partial charge in [-0.3, -0.25) is 0 Å². The standard InChI is InChI=1S/C11H23NO/c1-4-6-7-12-8-11(5-2,9-12)10-13-3/h4-10H2,1-3H3. The van der Waals surface area contributed by atoms with Gasteiger partial charge in [0.25, 0.3) is 0 Å². The van der Waals surface area contributed by atoms with E-state index in [1.54, 1.807) is 0 Å². The Kier molecular flexibility index (Phi) is 4.20. The Bertz CT molecular complexity index is 141. The first-order valence-electron chi connectivity index (χ1n) is 5.47. The molecule has 0 N–H and O–H groups in total. The minimum Gasteiger partial charge on any atom is -0.384 e. The molecule has 0 bridgehead atoms. The molecule has 2 nitrogen and oxygen atoms in total. The summed E-state index contributed by atoms with van der Waals surface area (Å²) in [7, 11) is 1.81. The van der Waals surface area contributed by atoms with Gasteiger partial charge in [0.1, 0.15) is 0 Å². The summed E-state index contributed by atoms with van der Waals surface area (Å²) in [5.41, 5.74) is 0.489. The fourth-order valence-corrected chi connectivity index (χ4v) is 2.17. The minimum atomic E-state index is 0.489. The van der Waals surface area contributed by atoms with Crippen LogP contribution in [0.15, 0.2) is 0 Å². The molecule has 2 heteroatoms. The van der Waals surface area contributed by atoms with Crippen molar-refractivity contribution in [3.63, 3.8) is 0 Å². The molecule has 0 saturated carbocycles. The molecule has 0 spiro atoms. The second-order valence-corrected chi connectivity index (χ2v) is 4.35. The van der Waals surface area contributed by atoms with Crippen molar-refractivity contribution in [3.8, 4) is 0 Å². The first kappa shape index (κ1) is 11.0. The number of likely N-dealkylation sites (tertiary alicyclic amines) is 1. The normalized spacial score (nSPS) is 21.5. The smallest absolute Gasteiger partial charge is 0.0543 e. The Labute approximate surface area is 82.3 Å². The third-order valence-corrected chi connectivity index (χ3v) is 3.15. The van der Waals surface area contributed by atoms with E-state index in [9.17, 15) is 0 Å². The van der Waals surface area contributed by atoms with Gasteiger partial charge in [0.05, 0.1) is 6.61 Å². The minimum absolute atomic E-state index is 0.489. The van der Waals surface area contributed by atoms with Gasteiger partial charge in [-0.2, -0.15) is 0 Å². The quantitative estimate of drug-likeness (QED) is 0.628. The summed E-state index contributed by atoms with van der Waals surface area (Å²) >= 11 is 0. The number of unbranched alkanes of at least 4 members (excludes halogenated alkanes) is 1. The summed E-state index contributed by atoms with van der Waals surface area (Å²) in [6.45, 7) is 9.24. The van der Waals surface area contributed by atoms with Crippen LogP contribution in [0.4, 0.5) is 0 Å². The number of ether oxygens (including phenoxy) is 1. The number of methoxy groups -OCH3 is 1. The van der Waals surface area contributed by atoms with Crippen LogP contribution >= 0.6 is 0 Å². The van der Waals surface area contributed by atoms with Crippen LogP contribution in [-0.2, 0) is 4.74 Å². The molecule has 0 aromatic heterocycles. The second-order valence-electron chi connectivity index (χ2n) is 4.35. The zero-order chi connectivity index (χ0) is 9.73. The van der Waals surface area contributed by atoms with Gasteiger partial charge in [0.2, 0.25) is 0 Å². The zero-order valence-electron chi connectivity index (χ0n) is 9.31. The van der Waals surface area contributed by atoms with Crippen LogP contribution < -0.4 is 0 Å². The van der Waals surface area contributed by atoms with Gasteiger partial charge in [-0.25, -0.2) is 0 Å². The van der Waals surface area contributed by atoms with Crippen molar-refractivity contribution < 1.29 is 4.74 Å². The zero-order valence-corrected chi connectivity index (χ0v) is 9.31. The van der Waals surface area contributed by atoms with E-state index in [4.69, 9.17) is 4.74 Å². The Morgan fingerprint density at radius 2 is 2.00 bits per heavy atom. The van der Waals surface area contributed by atoms with Gasteiger partial charge < -0.3 is 9.64 Å². The predicted molar refractivity (Wildman–Crippen MR) is 55.9 cm³/mol. The maximum absolute atomic E-state index is 5.27. The Morgan fingerprint density at radius 1 is 1.31 bits per heavy atom. The highest BCUT2D eigenvalue weighted by Gasteiger charge is 2.40. The van der Waals surface area contributed by atoms with Crippen molar-refractivity contribution in [1.29, 1.82) is 0 Å². The molecule has 1 fully saturated rings. The van der Waals surface area contributed by atoms with Crippen molar-refractivity contribution in [2.75, 3.05) is 33.4 Å². The van der Waals surface area contributed by atoms with E-state index in [2.05, 4.69) is 18.7 Å². The van der Waals surface area contributed by atoms with Crippen LogP contribution in [0, 0.1) is 5.41 Å². The van der Waals surface area contributed by atoms with Gasteiger partial charge in [-0.15, -0.1) is 0 Å². The number of hydrogen-bond acceptors (Lipinski definition) is 2. The first-order chi connectivity index (χ1) is 6.26. The Balaban J connectivity index is 2.19. The molecule has 1 aliphatic rings. The molecule has 13 heavy (non-hydrogen) atoms. The van der Waals surface area contributed by atoms with E-state index in [1.165, 1.54) is 38.9 Å². The second kappa shape index (κ2) is 4.97. The fourth-order valence-electron chi connectivity index (χ4n) is 2.17. The molecule has 0 aromatic rings. The van der Waals surface area contributed by atoms with E-state index in [1.807, 2.05) is 7.11 Å². The van der Waals surface area contributed by atoms with Crippen LogP contribution in [0.5, 0.6) is 0 Å². The summed E-state index contributed by atoms with van der Waals surface area (Å²) in [5, 5.41) is 0. The van der Waals surface area contributed by atoms with Crippen LogP contribution in [-0.4, -0.2) is 38.3 Å². The maximum atomic E-state index is 5.27. The summed E-state index contributed by atoms with van der Waals surface area (Å²) in [6, 6.07) is 0. The molecule has 0 radical (unpaired) electrons. The first-order valence-corrected chi connectivity index (χ1v) is 5.47.